The average Bonchev–Trinajstić information content (AvgIpc) is 2.21. The molecular formula is C11H24O2SSi. The largest absolute Gasteiger partial charge is 0.420 e. The van der Waals surface area contributed by atoms with Crippen LogP contribution in [0, 0.1) is 0 Å². The Hall–Kier alpha value is 0.487. The minimum atomic E-state index is -1.35. The summed E-state index contributed by atoms with van der Waals surface area (Å²) < 4.78 is 5.53. The summed E-state index contributed by atoms with van der Waals surface area (Å²) in [5, 5.41) is 10.2. The number of hydrogen-bond donors (Lipinski definition) is 1. The van der Waals surface area contributed by atoms with Gasteiger partial charge in [0.05, 0.1) is 6.10 Å². The SMILES string of the molecule is CO[Si](C)(C)CCSC1CCC(O)CC1. The molecule has 0 aromatic carbocycles. The van der Waals surface area contributed by atoms with E-state index in [1.54, 1.807) is 0 Å². The standard InChI is InChI=1S/C11H24O2SSi/c1-13-15(2,3)9-8-14-11-6-4-10(12)5-7-11/h10-12H,4-9H2,1-3H3. The van der Waals surface area contributed by atoms with Crippen molar-refractivity contribution in [3.05, 3.63) is 0 Å². The Kier molecular flexibility index (Phi) is 5.67. The van der Waals surface area contributed by atoms with Crippen molar-refractivity contribution in [1.29, 1.82) is 0 Å². The normalized spacial score (nSPS) is 28.0. The van der Waals surface area contributed by atoms with E-state index in [0.29, 0.717) is 0 Å². The highest BCUT2D eigenvalue weighted by atomic mass is 32.2. The van der Waals surface area contributed by atoms with Crippen LogP contribution in [0.3, 0.4) is 0 Å². The van der Waals surface area contributed by atoms with Crippen LogP contribution < -0.4 is 0 Å². The van der Waals surface area contributed by atoms with Gasteiger partial charge in [-0.2, -0.15) is 11.8 Å². The summed E-state index contributed by atoms with van der Waals surface area (Å²) >= 11 is 2.09. The molecule has 0 unspecified atom stereocenters. The first-order chi connectivity index (χ1) is 7.03. The van der Waals surface area contributed by atoms with Crippen molar-refractivity contribution < 1.29 is 9.53 Å². The molecule has 0 aromatic heterocycles. The van der Waals surface area contributed by atoms with Crippen LogP contribution in [0.5, 0.6) is 0 Å². The van der Waals surface area contributed by atoms with E-state index in [1.807, 2.05) is 7.11 Å². The second kappa shape index (κ2) is 6.28. The predicted molar refractivity (Wildman–Crippen MR) is 70.0 cm³/mol. The van der Waals surface area contributed by atoms with Gasteiger partial charge in [0.15, 0.2) is 8.32 Å². The summed E-state index contributed by atoms with van der Waals surface area (Å²) in [4.78, 5) is 0. The minimum Gasteiger partial charge on any atom is -0.420 e. The number of hydrogen-bond acceptors (Lipinski definition) is 3. The van der Waals surface area contributed by atoms with Gasteiger partial charge in [-0.15, -0.1) is 0 Å². The highest BCUT2D eigenvalue weighted by Gasteiger charge is 2.23. The van der Waals surface area contributed by atoms with Gasteiger partial charge in [0.1, 0.15) is 0 Å². The molecule has 0 amide bonds. The van der Waals surface area contributed by atoms with Gasteiger partial charge in [-0.25, -0.2) is 0 Å². The third-order valence-electron chi connectivity index (χ3n) is 3.25. The Morgan fingerprint density at radius 3 is 2.40 bits per heavy atom. The fourth-order valence-electron chi connectivity index (χ4n) is 1.79. The molecule has 0 radical (unpaired) electrons. The molecule has 0 aliphatic heterocycles. The number of aliphatic hydroxyl groups excluding tert-OH is 1. The lowest BCUT2D eigenvalue weighted by Crippen LogP contribution is -2.29. The summed E-state index contributed by atoms with van der Waals surface area (Å²) in [6.07, 6.45) is 4.37. The van der Waals surface area contributed by atoms with Crippen LogP contribution in [0.4, 0.5) is 0 Å². The van der Waals surface area contributed by atoms with Crippen LogP contribution in [0.25, 0.3) is 0 Å². The van der Waals surface area contributed by atoms with Crippen molar-refractivity contribution in [1.82, 2.24) is 0 Å². The summed E-state index contributed by atoms with van der Waals surface area (Å²) in [6, 6.07) is 1.24. The quantitative estimate of drug-likeness (QED) is 0.759. The van der Waals surface area contributed by atoms with E-state index >= 15 is 0 Å². The zero-order chi connectivity index (χ0) is 11.3. The van der Waals surface area contributed by atoms with Gasteiger partial charge in [-0.3, -0.25) is 0 Å². The van der Waals surface area contributed by atoms with Crippen molar-refractivity contribution in [3.63, 3.8) is 0 Å². The smallest absolute Gasteiger partial charge is 0.187 e. The summed E-state index contributed by atoms with van der Waals surface area (Å²) in [7, 11) is 0.496. The highest BCUT2D eigenvalue weighted by molar-refractivity contribution is 8.00. The second-order valence-electron chi connectivity index (χ2n) is 5.02. The number of aliphatic hydroxyl groups is 1. The van der Waals surface area contributed by atoms with Crippen molar-refractivity contribution in [3.8, 4) is 0 Å². The van der Waals surface area contributed by atoms with E-state index in [4.69, 9.17) is 4.43 Å². The zero-order valence-corrected chi connectivity index (χ0v) is 12.0. The van der Waals surface area contributed by atoms with Crippen molar-refractivity contribution in [2.24, 2.45) is 0 Å². The van der Waals surface area contributed by atoms with Gasteiger partial charge < -0.3 is 9.53 Å². The molecule has 90 valence electrons. The van der Waals surface area contributed by atoms with Crippen LogP contribution in [0.2, 0.25) is 19.1 Å². The van der Waals surface area contributed by atoms with E-state index < -0.39 is 8.32 Å². The number of rotatable bonds is 5. The maximum Gasteiger partial charge on any atom is 0.187 e. The molecule has 2 nitrogen and oxygen atoms in total. The topological polar surface area (TPSA) is 29.5 Å². The first kappa shape index (κ1) is 13.6. The van der Waals surface area contributed by atoms with Gasteiger partial charge in [0.25, 0.3) is 0 Å². The van der Waals surface area contributed by atoms with Crippen LogP contribution in [0.15, 0.2) is 0 Å². The monoisotopic (exact) mass is 248 g/mol. The van der Waals surface area contributed by atoms with Crippen LogP contribution in [-0.2, 0) is 4.43 Å². The molecule has 1 aliphatic rings. The lowest BCUT2D eigenvalue weighted by atomic mass is 9.97. The van der Waals surface area contributed by atoms with E-state index in [1.165, 1.54) is 24.6 Å². The molecule has 1 N–H and O–H groups in total. The van der Waals surface area contributed by atoms with Crippen LogP contribution >= 0.6 is 11.8 Å². The average molecular weight is 248 g/mol. The summed E-state index contributed by atoms with van der Waals surface area (Å²) in [5.41, 5.74) is 0. The van der Waals surface area contributed by atoms with E-state index in [9.17, 15) is 5.11 Å². The molecule has 4 heteroatoms. The molecule has 15 heavy (non-hydrogen) atoms. The Labute approximate surface area is 98.9 Å². The second-order valence-corrected chi connectivity index (χ2v) is 10.9. The molecule has 0 spiro atoms. The van der Waals surface area contributed by atoms with Crippen molar-refractivity contribution in [2.75, 3.05) is 12.9 Å². The van der Waals surface area contributed by atoms with Gasteiger partial charge in [-0.05, 0) is 50.6 Å². The lowest BCUT2D eigenvalue weighted by Gasteiger charge is -2.26. The van der Waals surface area contributed by atoms with Gasteiger partial charge in [0, 0.05) is 12.4 Å². The molecule has 1 fully saturated rings. The fourth-order valence-corrected chi connectivity index (χ4v) is 5.37. The molecule has 1 rings (SSSR count). The highest BCUT2D eigenvalue weighted by Crippen LogP contribution is 2.30. The molecule has 0 heterocycles. The van der Waals surface area contributed by atoms with E-state index in [-0.39, 0.29) is 6.10 Å². The molecule has 0 saturated heterocycles. The van der Waals surface area contributed by atoms with Gasteiger partial charge >= 0.3 is 0 Å². The Morgan fingerprint density at radius 1 is 1.27 bits per heavy atom. The zero-order valence-electron chi connectivity index (χ0n) is 10.2. The van der Waals surface area contributed by atoms with Crippen molar-refractivity contribution >= 4 is 20.1 Å². The Morgan fingerprint density at radius 2 is 1.87 bits per heavy atom. The molecule has 1 saturated carbocycles. The molecule has 0 atom stereocenters. The van der Waals surface area contributed by atoms with Gasteiger partial charge in [0.2, 0.25) is 0 Å². The van der Waals surface area contributed by atoms with E-state index in [0.717, 1.165) is 18.1 Å². The maximum atomic E-state index is 9.40. The van der Waals surface area contributed by atoms with Crippen LogP contribution in [0.1, 0.15) is 25.7 Å². The minimum absolute atomic E-state index is 0.0216. The summed E-state index contributed by atoms with van der Waals surface area (Å²) in [6.45, 7) is 4.55. The first-order valence-corrected chi connectivity index (χ1v) is 10.0. The predicted octanol–water partition coefficient (Wildman–Crippen LogP) is 2.87. The number of thioether (sulfide) groups is 1. The fraction of sp³-hybridized carbons (Fsp3) is 1.00. The third-order valence-corrected chi connectivity index (χ3v) is 7.56. The lowest BCUT2D eigenvalue weighted by molar-refractivity contribution is 0.132. The molecular weight excluding hydrogens is 224 g/mol. The Balaban J connectivity index is 2.10. The van der Waals surface area contributed by atoms with Crippen molar-refractivity contribution in [2.45, 2.75) is 56.2 Å². The van der Waals surface area contributed by atoms with Gasteiger partial charge in [-0.1, -0.05) is 0 Å². The molecule has 1 aliphatic carbocycles. The van der Waals surface area contributed by atoms with E-state index in [2.05, 4.69) is 24.9 Å². The van der Waals surface area contributed by atoms with Crippen LogP contribution in [-0.4, -0.2) is 37.6 Å². The first-order valence-electron chi connectivity index (χ1n) is 5.88. The maximum absolute atomic E-state index is 9.40. The summed E-state index contributed by atoms with van der Waals surface area (Å²) in [5.74, 6) is 1.23. The third kappa shape index (κ3) is 5.38. The molecule has 0 bridgehead atoms. The Bertz CT molecular complexity index is 179. The molecule has 0 aromatic rings.